The number of hydroxylamine groups is 1. The SMILES string of the molecule is CCCOc1ccc(C(=O)NOC)cc1. The van der Waals surface area contributed by atoms with Crippen LogP contribution >= 0.6 is 0 Å². The van der Waals surface area contributed by atoms with Crippen LogP contribution in [-0.2, 0) is 4.84 Å². The molecule has 0 saturated heterocycles. The number of benzene rings is 1. The van der Waals surface area contributed by atoms with Crippen LogP contribution in [0.3, 0.4) is 0 Å². The number of rotatable bonds is 5. The van der Waals surface area contributed by atoms with Gasteiger partial charge >= 0.3 is 0 Å². The molecule has 1 N–H and O–H groups in total. The smallest absolute Gasteiger partial charge is 0.274 e. The molecule has 0 unspecified atom stereocenters. The van der Waals surface area contributed by atoms with Crippen LogP contribution in [0, 0.1) is 0 Å². The average Bonchev–Trinajstić information content (AvgIpc) is 2.27. The molecule has 0 aromatic heterocycles. The summed E-state index contributed by atoms with van der Waals surface area (Å²) in [5.41, 5.74) is 2.79. The lowest BCUT2D eigenvalue weighted by molar-refractivity contribution is 0.0537. The van der Waals surface area contributed by atoms with Gasteiger partial charge < -0.3 is 4.74 Å². The Balaban J connectivity index is 2.59. The van der Waals surface area contributed by atoms with Crippen LogP contribution in [0.15, 0.2) is 24.3 Å². The molecule has 4 heteroatoms. The maximum absolute atomic E-state index is 11.3. The molecule has 1 aromatic carbocycles. The Labute approximate surface area is 89.1 Å². The van der Waals surface area contributed by atoms with Crippen LogP contribution in [0.4, 0.5) is 0 Å². The number of ether oxygens (including phenoxy) is 1. The van der Waals surface area contributed by atoms with E-state index in [0.29, 0.717) is 12.2 Å². The first-order valence-electron chi connectivity index (χ1n) is 4.84. The quantitative estimate of drug-likeness (QED) is 0.752. The van der Waals surface area contributed by atoms with Gasteiger partial charge in [0.05, 0.1) is 13.7 Å². The summed E-state index contributed by atoms with van der Waals surface area (Å²) in [4.78, 5) is 15.8. The minimum atomic E-state index is -0.264. The molecular weight excluding hydrogens is 194 g/mol. The second-order valence-corrected chi connectivity index (χ2v) is 3.01. The van der Waals surface area contributed by atoms with Crippen molar-refractivity contribution in [2.75, 3.05) is 13.7 Å². The van der Waals surface area contributed by atoms with Crippen molar-refractivity contribution in [3.63, 3.8) is 0 Å². The van der Waals surface area contributed by atoms with Crippen LogP contribution in [-0.4, -0.2) is 19.6 Å². The number of hydrogen-bond donors (Lipinski definition) is 1. The Morgan fingerprint density at radius 3 is 2.53 bits per heavy atom. The molecule has 0 atom stereocenters. The molecule has 0 fully saturated rings. The molecular formula is C11H15NO3. The summed E-state index contributed by atoms with van der Waals surface area (Å²) in [7, 11) is 1.40. The molecule has 0 heterocycles. The Kier molecular flexibility index (Phi) is 4.63. The Morgan fingerprint density at radius 1 is 1.33 bits per heavy atom. The first kappa shape index (κ1) is 11.5. The van der Waals surface area contributed by atoms with E-state index in [-0.39, 0.29) is 5.91 Å². The summed E-state index contributed by atoms with van der Waals surface area (Å²) in [5.74, 6) is 0.505. The summed E-state index contributed by atoms with van der Waals surface area (Å²) < 4.78 is 5.39. The van der Waals surface area contributed by atoms with Crippen LogP contribution < -0.4 is 10.2 Å². The van der Waals surface area contributed by atoms with Crippen molar-refractivity contribution in [3.05, 3.63) is 29.8 Å². The minimum Gasteiger partial charge on any atom is -0.494 e. The molecule has 82 valence electrons. The summed E-state index contributed by atoms with van der Waals surface area (Å²) in [6.07, 6.45) is 0.964. The zero-order valence-corrected chi connectivity index (χ0v) is 8.95. The largest absolute Gasteiger partial charge is 0.494 e. The van der Waals surface area contributed by atoms with E-state index in [2.05, 4.69) is 10.3 Å². The molecule has 0 aliphatic rings. The lowest BCUT2D eigenvalue weighted by Crippen LogP contribution is -2.21. The first-order valence-corrected chi connectivity index (χ1v) is 4.84. The van der Waals surface area contributed by atoms with E-state index < -0.39 is 0 Å². The van der Waals surface area contributed by atoms with E-state index in [0.717, 1.165) is 12.2 Å². The summed E-state index contributed by atoms with van der Waals surface area (Å²) in [6, 6.07) is 6.92. The molecule has 0 radical (unpaired) electrons. The Bertz CT molecular complexity index is 308. The maximum Gasteiger partial charge on any atom is 0.274 e. The van der Waals surface area contributed by atoms with E-state index in [1.54, 1.807) is 24.3 Å². The van der Waals surface area contributed by atoms with Crippen molar-refractivity contribution in [2.45, 2.75) is 13.3 Å². The van der Waals surface area contributed by atoms with Crippen molar-refractivity contribution < 1.29 is 14.4 Å². The van der Waals surface area contributed by atoms with Crippen LogP contribution in [0.1, 0.15) is 23.7 Å². The Morgan fingerprint density at radius 2 is 2.00 bits per heavy atom. The van der Waals surface area contributed by atoms with Gasteiger partial charge in [-0.15, -0.1) is 0 Å². The molecule has 15 heavy (non-hydrogen) atoms. The third-order valence-corrected chi connectivity index (χ3v) is 1.78. The number of amides is 1. The van der Waals surface area contributed by atoms with E-state index in [9.17, 15) is 4.79 Å². The lowest BCUT2D eigenvalue weighted by Gasteiger charge is -2.05. The molecule has 0 aliphatic carbocycles. The average molecular weight is 209 g/mol. The molecule has 4 nitrogen and oxygen atoms in total. The standard InChI is InChI=1S/C11H15NO3/c1-3-8-15-10-6-4-9(5-7-10)11(13)12-14-2/h4-7H,3,8H2,1-2H3,(H,12,13). The lowest BCUT2D eigenvalue weighted by atomic mass is 10.2. The van der Waals surface area contributed by atoms with E-state index in [1.807, 2.05) is 6.92 Å². The van der Waals surface area contributed by atoms with Crippen molar-refractivity contribution >= 4 is 5.91 Å². The minimum absolute atomic E-state index is 0.264. The van der Waals surface area contributed by atoms with E-state index in [4.69, 9.17) is 4.74 Å². The van der Waals surface area contributed by atoms with E-state index in [1.165, 1.54) is 7.11 Å². The highest BCUT2D eigenvalue weighted by Gasteiger charge is 2.03. The molecule has 1 rings (SSSR count). The maximum atomic E-state index is 11.3. The van der Waals surface area contributed by atoms with Gasteiger partial charge in [-0.1, -0.05) is 6.92 Å². The molecule has 0 saturated carbocycles. The zero-order chi connectivity index (χ0) is 11.1. The van der Waals surface area contributed by atoms with Crippen molar-refractivity contribution in [3.8, 4) is 5.75 Å². The number of carbonyl (C=O) groups is 1. The normalized spacial score (nSPS) is 9.73. The molecule has 0 spiro atoms. The number of carbonyl (C=O) groups excluding carboxylic acids is 1. The van der Waals surface area contributed by atoms with Crippen molar-refractivity contribution in [2.24, 2.45) is 0 Å². The van der Waals surface area contributed by atoms with E-state index >= 15 is 0 Å². The fourth-order valence-electron chi connectivity index (χ4n) is 1.07. The predicted molar refractivity (Wildman–Crippen MR) is 56.7 cm³/mol. The monoisotopic (exact) mass is 209 g/mol. The van der Waals surface area contributed by atoms with Crippen LogP contribution in [0.2, 0.25) is 0 Å². The zero-order valence-electron chi connectivity index (χ0n) is 8.95. The Hall–Kier alpha value is -1.55. The topological polar surface area (TPSA) is 47.6 Å². The molecule has 1 amide bonds. The highest BCUT2D eigenvalue weighted by Crippen LogP contribution is 2.12. The third-order valence-electron chi connectivity index (χ3n) is 1.78. The number of nitrogens with one attached hydrogen (secondary N) is 1. The number of hydrogen-bond acceptors (Lipinski definition) is 3. The molecule has 0 aliphatic heterocycles. The fourth-order valence-corrected chi connectivity index (χ4v) is 1.07. The predicted octanol–water partition coefficient (Wildman–Crippen LogP) is 1.77. The van der Waals surface area contributed by atoms with Crippen molar-refractivity contribution in [1.29, 1.82) is 0 Å². The van der Waals surface area contributed by atoms with Crippen molar-refractivity contribution in [1.82, 2.24) is 5.48 Å². The summed E-state index contributed by atoms with van der Waals surface area (Å²) in [5, 5.41) is 0. The first-order chi connectivity index (χ1) is 7.27. The van der Waals surface area contributed by atoms with Gasteiger partial charge in [-0.25, -0.2) is 5.48 Å². The summed E-state index contributed by atoms with van der Waals surface area (Å²) in [6.45, 7) is 2.73. The van der Waals surface area contributed by atoms with Gasteiger partial charge in [-0.05, 0) is 30.7 Å². The van der Waals surface area contributed by atoms with Gasteiger partial charge in [-0.2, -0.15) is 0 Å². The highest BCUT2D eigenvalue weighted by atomic mass is 16.6. The highest BCUT2D eigenvalue weighted by molar-refractivity contribution is 5.93. The van der Waals surface area contributed by atoms with Gasteiger partial charge in [0.1, 0.15) is 5.75 Å². The van der Waals surface area contributed by atoms with Crippen LogP contribution in [0.5, 0.6) is 5.75 Å². The van der Waals surface area contributed by atoms with Gasteiger partial charge in [0.25, 0.3) is 5.91 Å². The van der Waals surface area contributed by atoms with Gasteiger partial charge in [0.2, 0.25) is 0 Å². The molecule has 1 aromatic rings. The third kappa shape index (κ3) is 3.59. The summed E-state index contributed by atoms with van der Waals surface area (Å²) >= 11 is 0. The molecule has 0 bridgehead atoms. The van der Waals surface area contributed by atoms with Gasteiger partial charge in [0.15, 0.2) is 0 Å². The fraction of sp³-hybridized carbons (Fsp3) is 0.364. The van der Waals surface area contributed by atoms with Crippen LogP contribution in [0.25, 0.3) is 0 Å². The second kappa shape index (κ2) is 6.03. The van der Waals surface area contributed by atoms with Gasteiger partial charge in [-0.3, -0.25) is 9.63 Å². The van der Waals surface area contributed by atoms with Gasteiger partial charge in [0, 0.05) is 5.56 Å². The second-order valence-electron chi connectivity index (χ2n) is 3.01.